The number of anilines is 2. The Morgan fingerprint density at radius 2 is 1.66 bits per heavy atom. The minimum absolute atomic E-state index is 0.103. The molecule has 0 radical (unpaired) electrons. The van der Waals surface area contributed by atoms with Gasteiger partial charge in [0.15, 0.2) is 0 Å². The van der Waals surface area contributed by atoms with Crippen molar-refractivity contribution in [3.63, 3.8) is 0 Å². The third-order valence-corrected chi connectivity index (χ3v) is 5.33. The molecule has 2 N–H and O–H groups in total. The van der Waals surface area contributed by atoms with Gasteiger partial charge in [0, 0.05) is 61.7 Å². The zero-order chi connectivity index (χ0) is 23.3. The predicted octanol–water partition coefficient (Wildman–Crippen LogP) is 3.65. The van der Waals surface area contributed by atoms with Crippen LogP contribution < -0.4 is 15.5 Å². The van der Waals surface area contributed by atoms with Gasteiger partial charge in [-0.1, -0.05) is 27.7 Å². The highest BCUT2D eigenvalue weighted by molar-refractivity contribution is 5.95. The van der Waals surface area contributed by atoms with Gasteiger partial charge in [-0.05, 0) is 37.1 Å². The van der Waals surface area contributed by atoms with Crippen LogP contribution in [-0.4, -0.2) is 59.5 Å². The Morgan fingerprint density at radius 1 is 1.00 bits per heavy atom. The van der Waals surface area contributed by atoms with E-state index >= 15 is 0 Å². The van der Waals surface area contributed by atoms with E-state index in [1.54, 1.807) is 29.2 Å². The van der Waals surface area contributed by atoms with Gasteiger partial charge in [-0.25, -0.2) is 14.8 Å². The molecule has 1 aromatic heterocycles. The van der Waals surface area contributed by atoms with Crippen LogP contribution in [0.3, 0.4) is 0 Å². The van der Waals surface area contributed by atoms with E-state index in [2.05, 4.69) is 48.2 Å². The molecule has 2 aromatic rings. The van der Waals surface area contributed by atoms with Gasteiger partial charge in [-0.3, -0.25) is 4.79 Å². The molecule has 0 unspecified atom stereocenters. The summed E-state index contributed by atoms with van der Waals surface area (Å²) in [7, 11) is 0. The Labute approximate surface area is 190 Å². The highest BCUT2D eigenvalue weighted by Gasteiger charge is 2.23. The molecule has 0 atom stereocenters. The van der Waals surface area contributed by atoms with Crippen LogP contribution in [-0.2, 0) is 0 Å². The number of urea groups is 1. The summed E-state index contributed by atoms with van der Waals surface area (Å²) >= 11 is 0. The van der Waals surface area contributed by atoms with Gasteiger partial charge in [-0.15, -0.1) is 0 Å². The van der Waals surface area contributed by atoms with Gasteiger partial charge in [-0.2, -0.15) is 0 Å². The average Bonchev–Trinajstić information content (AvgIpc) is 2.77. The van der Waals surface area contributed by atoms with Gasteiger partial charge < -0.3 is 20.4 Å². The Kier molecular flexibility index (Phi) is 7.66. The number of carbonyl (C=O) groups excluding carboxylic acids is 2. The van der Waals surface area contributed by atoms with Crippen molar-refractivity contribution in [1.82, 2.24) is 20.2 Å². The monoisotopic (exact) mass is 438 g/mol. The van der Waals surface area contributed by atoms with Crippen molar-refractivity contribution in [2.45, 2.75) is 40.5 Å². The SMILES string of the molecule is Cc1cc(N2CCN(C(=O)Nc3ccc(C(=O)NCC(C)C)cc3)CC2)nc(C(C)C)n1. The smallest absolute Gasteiger partial charge is 0.321 e. The van der Waals surface area contributed by atoms with Crippen LogP contribution in [0.5, 0.6) is 0 Å². The zero-order valence-corrected chi connectivity index (χ0v) is 19.7. The molecule has 1 aromatic carbocycles. The van der Waals surface area contributed by atoms with Crippen LogP contribution in [0.25, 0.3) is 0 Å². The molecule has 1 aliphatic heterocycles. The molecule has 32 heavy (non-hydrogen) atoms. The van der Waals surface area contributed by atoms with E-state index in [0.29, 0.717) is 36.8 Å². The molecule has 0 saturated carbocycles. The Balaban J connectivity index is 1.53. The summed E-state index contributed by atoms with van der Waals surface area (Å²) in [4.78, 5) is 38.1. The number of carbonyl (C=O) groups is 2. The molecule has 0 aliphatic carbocycles. The molecule has 1 saturated heterocycles. The maximum atomic E-state index is 12.7. The molecule has 2 heterocycles. The molecule has 8 heteroatoms. The standard InChI is InChI=1S/C24H34N6O2/c1-16(2)15-25-23(31)19-6-8-20(9-7-19)27-24(32)30-12-10-29(11-13-30)21-14-18(5)26-22(28-21)17(3)4/h6-9,14,16-17H,10-13,15H2,1-5H3,(H,25,31)(H,27,32). The summed E-state index contributed by atoms with van der Waals surface area (Å²) in [6, 6.07) is 8.84. The van der Waals surface area contributed by atoms with Gasteiger partial charge >= 0.3 is 6.03 Å². The summed E-state index contributed by atoms with van der Waals surface area (Å²) in [6.45, 7) is 13.6. The van der Waals surface area contributed by atoms with Gasteiger partial charge in [0.25, 0.3) is 5.91 Å². The average molecular weight is 439 g/mol. The molecule has 1 aliphatic rings. The first-order valence-corrected chi connectivity index (χ1v) is 11.3. The van der Waals surface area contributed by atoms with Crippen molar-refractivity contribution in [2.24, 2.45) is 5.92 Å². The lowest BCUT2D eigenvalue weighted by Gasteiger charge is -2.35. The van der Waals surface area contributed by atoms with Crippen LogP contribution in [0, 0.1) is 12.8 Å². The van der Waals surface area contributed by atoms with Crippen LogP contribution in [0.1, 0.15) is 55.5 Å². The van der Waals surface area contributed by atoms with Crippen molar-refractivity contribution in [3.8, 4) is 0 Å². The third-order valence-electron chi connectivity index (χ3n) is 5.33. The second kappa shape index (κ2) is 10.4. The molecule has 0 spiro atoms. The molecule has 1 fully saturated rings. The highest BCUT2D eigenvalue weighted by Crippen LogP contribution is 2.19. The highest BCUT2D eigenvalue weighted by atomic mass is 16.2. The lowest BCUT2D eigenvalue weighted by Crippen LogP contribution is -2.50. The maximum Gasteiger partial charge on any atom is 0.321 e. The van der Waals surface area contributed by atoms with E-state index in [9.17, 15) is 9.59 Å². The van der Waals surface area contributed by atoms with Gasteiger partial charge in [0.2, 0.25) is 0 Å². The number of piperazine rings is 1. The number of nitrogens with zero attached hydrogens (tertiary/aromatic N) is 4. The van der Waals surface area contributed by atoms with Crippen molar-refractivity contribution in [1.29, 1.82) is 0 Å². The van der Waals surface area contributed by atoms with E-state index < -0.39 is 0 Å². The second-order valence-corrected chi connectivity index (χ2v) is 8.97. The molecule has 8 nitrogen and oxygen atoms in total. The second-order valence-electron chi connectivity index (χ2n) is 8.97. The number of hydrogen-bond donors (Lipinski definition) is 2. The van der Waals surface area contributed by atoms with Crippen molar-refractivity contribution in [3.05, 3.63) is 47.4 Å². The maximum absolute atomic E-state index is 12.7. The fraction of sp³-hybridized carbons (Fsp3) is 0.500. The summed E-state index contributed by atoms with van der Waals surface area (Å²) in [6.07, 6.45) is 0. The van der Waals surface area contributed by atoms with E-state index in [1.165, 1.54) is 0 Å². The minimum atomic E-state index is -0.136. The normalized spacial score (nSPS) is 14.1. The van der Waals surface area contributed by atoms with E-state index in [4.69, 9.17) is 4.98 Å². The fourth-order valence-electron chi connectivity index (χ4n) is 3.44. The lowest BCUT2D eigenvalue weighted by molar-refractivity contribution is 0.0949. The van der Waals surface area contributed by atoms with E-state index in [0.717, 1.165) is 30.4 Å². The number of amides is 3. The quantitative estimate of drug-likeness (QED) is 0.719. The molecule has 0 bridgehead atoms. The zero-order valence-electron chi connectivity index (χ0n) is 19.7. The van der Waals surface area contributed by atoms with Crippen LogP contribution >= 0.6 is 0 Å². The van der Waals surface area contributed by atoms with Gasteiger partial charge in [0.05, 0.1) is 0 Å². The largest absolute Gasteiger partial charge is 0.353 e. The first-order chi connectivity index (χ1) is 15.2. The Bertz CT molecular complexity index is 934. The number of hydrogen-bond acceptors (Lipinski definition) is 5. The summed E-state index contributed by atoms with van der Waals surface area (Å²) < 4.78 is 0. The van der Waals surface area contributed by atoms with Crippen molar-refractivity contribution >= 4 is 23.4 Å². The first kappa shape index (κ1) is 23.5. The molecule has 3 rings (SSSR count). The number of aromatic nitrogens is 2. The lowest BCUT2D eigenvalue weighted by atomic mass is 10.1. The van der Waals surface area contributed by atoms with Gasteiger partial charge in [0.1, 0.15) is 11.6 Å². The number of benzene rings is 1. The number of nitrogens with one attached hydrogen (secondary N) is 2. The summed E-state index contributed by atoms with van der Waals surface area (Å²) in [5, 5.41) is 5.82. The molecular weight excluding hydrogens is 404 g/mol. The first-order valence-electron chi connectivity index (χ1n) is 11.3. The van der Waals surface area contributed by atoms with Crippen LogP contribution in [0.2, 0.25) is 0 Å². The molecule has 3 amide bonds. The van der Waals surface area contributed by atoms with Crippen molar-refractivity contribution in [2.75, 3.05) is 42.9 Å². The number of aryl methyl sites for hydroxylation is 1. The summed E-state index contributed by atoms with van der Waals surface area (Å²) in [5.74, 6) is 2.34. The Morgan fingerprint density at radius 3 is 2.25 bits per heavy atom. The third kappa shape index (κ3) is 6.18. The molecule has 172 valence electrons. The van der Waals surface area contributed by atoms with E-state index in [-0.39, 0.29) is 17.9 Å². The molecular formula is C24H34N6O2. The van der Waals surface area contributed by atoms with E-state index in [1.807, 2.05) is 13.0 Å². The number of rotatable bonds is 6. The Hall–Kier alpha value is -3.16. The van der Waals surface area contributed by atoms with Crippen molar-refractivity contribution < 1.29 is 9.59 Å². The topological polar surface area (TPSA) is 90.5 Å². The fourth-order valence-corrected chi connectivity index (χ4v) is 3.44. The van der Waals surface area contributed by atoms with Crippen LogP contribution in [0.15, 0.2) is 30.3 Å². The predicted molar refractivity (Wildman–Crippen MR) is 127 cm³/mol. The minimum Gasteiger partial charge on any atom is -0.353 e. The summed E-state index contributed by atoms with van der Waals surface area (Å²) in [5.41, 5.74) is 2.21. The van der Waals surface area contributed by atoms with Crippen LogP contribution in [0.4, 0.5) is 16.3 Å².